The Bertz CT molecular complexity index is 886. The quantitative estimate of drug-likeness (QED) is 0.669. The number of nitrogens with zero attached hydrogens (tertiary/aromatic N) is 2. The number of aromatic nitrogens is 2. The molecule has 0 radical (unpaired) electrons. The zero-order valence-corrected chi connectivity index (χ0v) is 14.1. The van der Waals surface area contributed by atoms with Gasteiger partial charge in [0.1, 0.15) is 4.83 Å². The van der Waals surface area contributed by atoms with Crippen molar-refractivity contribution >= 4 is 21.6 Å². The van der Waals surface area contributed by atoms with E-state index in [4.69, 9.17) is 0 Å². The van der Waals surface area contributed by atoms with Gasteiger partial charge in [0.25, 0.3) is 5.56 Å². The van der Waals surface area contributed by atoms with Gasteiger partial charge in [-0.25, -0.2) is 4.98 Å². The summed E-state index contributed by atoms with van der Waals surface area (Å²) in [6.45, 7) is 2.08. The number of aryl methyl sites for hydroxylation is 1. The van der Waals surface area contributed by atoms with E-state index in [0.717, 1.165) is 34.2 Å². The highest BCUT2D eigenvalue weighted by atomic mass is 32.1. The Kier molecular flexibility index (Phi) is 3.77. The third-order valence-corrected chi connectivity index (χ3v) is 5.74. The minimum absolute atomic E-state index is 0.124. The van der Waals surface area contributed by atoms with Crippen LogP contribution in [0.4, 0.5) is 0 Å². The predicted molar refractivity (Wildman–Crippen MR) is 96.2 cm³/mol. The molecule has 0 spiro atoms. The molecule has 0 saturated heterocycles. The fourth-order valence-electron chi connectivity index (χ4n) is 3.51. The van der Waals surface area contributed by atoms with Crippen LogP contribution in [-0.2, 0) is 0 Å². The van der Waals surface area contributed by atoms with Crippen LogP contribution in [-0.4, -0.2) is 9.55 Å². The van der Waals surface area contributed by atoms with Gasteiger partial charge in [0.05, 0.1) is 11.7 Å². The highest BCUT2D eigenvalue weighted by molar-refractivity contribution is 7.17. The Balaban J connectivity index is 1.86. The molecule has 3 nitrogen and oxygen atoms in total. The summed E-state index contributed by atoms with van der Waals surface area (Å²) in [5.74, 6) is 0. The molecule has 4 heteroatoms. The monoisotopic (exact) mass is 324 g/mol. The molecule has 4 rings (SSSR count). The molecule has 0 N–H and O–H groups in total. The van der Waals surface area contributed by atoms with Gasteiger partial charge in [-0.15, -0.1) is 11.3 Å². The number of benzene rings is 1. The minimum Gasteiger partial charge on any atom is -0.296 e. The highest BCUT2D eigenvalue weighted by Gasteiger charge is 2.19. The number of fused-ring (bicyclic) bond motifs is 1. The summed E-state index contributed by atoms with van der Waals surface area (Å²) in [7, 11) is 0. The van der Waals surface area contributed by atoms with Crippen LogP contribution in [0, 0.1) is 6.92 Å². The number of thiophene rings is 1. The number of hydrogen-bond acceptors (Lipinski definition) is 3. The molecule has 23 heavy (non-hydrogen) atoms. The molecule has 0 aliphatic heterocycles. The molecule has 118 valence electrons. The SMILES string of the molecule is Cc1ccc(-c2csc3ncn(C4CCCCC4)c(=O)c23)cc1. The van der Waals surface area contributed by atoms with Crippen molar-refractivity contribution in [2.24, 2.45) is 0 Å². The summed E-state index contributed by atoms with van der Waals surface area (Å²) in [4.78, 5) is 18.5. The molecule has 0 amide bonds. The van der Waals surface area contributed by atoms with Gasteiger partial charge in [0.15, 0.2) is 0 Å². The van der Waals surface area contributed by atoms with E-state index >= 15 is 0 Å². The molecule has 1 aliphatic rings. The van der Waals surface area contributed by atoms with Crippen LogP contribution < -0.4 is 5.56 Å². The zero-order chi connectivity index (χ0) is 15.8. The van der Waals surface area contributed by atoms with Gasteiger partial charge in [-0.3, -0.25) is 9.36 Å². The second-order valence-electron chi connectivity index (χ2n) is 6.44. The number of rotatable bonds is 2. The topological polar surface area (TPSA) is 34.9 Å². The van der Waals surface area contributed by atoms with E-state index in [1.54, 1.807) is 17.7 Å². The molecule has 1 fully saturated rings. The van der Waals surface area contributed by atoms with Gasteiger partial charge >= 0.3 is 0 Å². The van der Waals surface area contributed by atoms with Crippen LogP contribution in [0.25, 0.3) is 21.3 Å². The van der Waals surface area contributed by atoms with Gasteiger partial charge < -0.3 is 0 Å². The van der Waals surface area contributed by atoms with Crippen LogP contribution >= 0.6 is 11.3 Å². The number of hydrogen-bond donors (Lipinski definition) is 0. The van der Waals surface area contributed by atoms with E-state index in [0.29, 0.717) is 6.04 Å². The lowest BCUT2D eigenvalue weighted by atomic mass is 9.95. The molecule has 0 atom stereocenters. The third-order valence-electron chi connectivity index (χ3n) is 4.85. The van der Waals surface area contributed by atoms with Crippen LogP contribution in [0.5, 0.6) is 0 Å². The van der Waals surface area contributed by atoms with Gasteiger partial charge in [-0.1, -0.05) is 49.1 Å². The fourth-order valence-corrected chi connectivity index (χ4v) is 4.42. The van der Waals surface area contributed by atoms with Crippen molar-refractivity contribution in [3.63, 3.8) is 0 Å². The van der Waals surface area contributed by atoms with Gasteiger partial charge in [-0.05, 0) is 25.3 Å². The Morgan fingerprint density at radius 3 is 2.61 bits per heavy atom. The van der Waals surface area contributed by atoms with E-state index in [-0.39, 0.29) is 5.56 Å². The predicted octanol–water partition coefficient (Wildman–Crippen LogP) is 4.94. The van der Waals surface area contributed by atoms with Crippen molar-refractivity contribution < 1.29 is 0 Å². The first-order chi connectivity index (χ1) is 11.2. The second kappa shape index (κ2) is 5.93. The van der Waals surface area contributed by atoms with Crippen LogP contribution in [0.15, 0.2) is 40.8 Å². The lowest BCUT2D eigenvalue weighted by Crippen LogP contribution is -2.26. The van der Waals surface area contributed by atoms with Gasteiger partial charge in [0.2, 0.25) is 0 Å². The van der Waals surface area contributed by atoms with E-state index in [1.165, 1.54) is 24.8 Å². The van der Waals surface area contributed by atoms with Crippen molar-refractivity contribution in [2.45, 2.75) is 45.1 Å². The smallest absolute Gasteiger partial charge is 0.262 e. The average molecular weight is 324 g/mol. The van der Waals surface area contributed by atoms with Gasteiger partial charge in [-0.2, -0.15) is 0 Å². The Morgan fingerprint density at radius 2 is 1.87 bits per heavy atom. The molecule has 0 bridgehead atoms. The largest absolute Gasteiger partial charge is 0.296 e. The van der Waals surface area contributed by atoms with Crippen LogP contribution in [0.1, 0.15) is 43.7 Å². The van der Waals surface area contributed by atoms with E-state index in [9.17, 15) is 4.79 Å². The van der Waals surface area contributed by atoms with E-state index in [1.807, 2.05) is 4.57 Å². The van der Waals surface area contributed by atoms with Crippen molar-refractivity contribution in [3.05, 3.63) is 51.9 Å². The summed E-state index contributed by atoms with van der Waals surface area (Å²) < 4.78 is 1.88. The maximum absolute atomic E-state index is 13.1. The zero-order valence-electron chi connectivity index (χ0n) is 13.3. The summed E-state index contributed by atoms with van der Waals surface area (Å²) in [6.07, 6.45) is 7.66. The summed E-state index contributed by atoms with van der Waals surface area (Å²) in [5.41, 5.74) is 3.47. The first kappa shape index (κ1) is 14.6. The molecular formula is C19H20N2OS. The van der Waals surface area contributed by atoms with Crippen LogP contribution in [0.2, 0.25) is 0 Å². The molecule has 0 unspecified atom stereocenters. The lowest BCUT2D eigenvalue weighted by molar-refractivity contribution is 0.345. The maximum Gasteiger partial charge on any atom is 0.262 e. The molecule has 1 aromatic carbocycles. The summed E-state index contributed by atoms with van der Waals surface area (Å²) in [5, 5.41) is 2.85. The Hall–Kier alpha value is -1.94. The van der Waals surface area contributed by atoms with E-state index in [2.05, 4.69) is 41.6 Å². The summed E-state index contributed by atoms with van der Waals surface area (Å²) in [6, 6.07) is 8.69. The first-order valence-electron chi connectivity index (χ1n) is 8.29. The first-order valence-corrected chi connectivity index (χ1v) is 9.17. The molecule has 2 aromatic heterocycles. The Morgan fingerprint density at radius 1 is 1.13 bits per heavy atom. The average Bonchev–Trinajstić information content (AvgIpc) is 3.02. The Labute approximate surface area is 139 Å². The summed E-state index contributed by atoms with van der Waals surface area (Å²) >= 11 is 1.56. The molecular weight excluding hydrogens is 304 g/mol. The van der Waals surface area contributed by atoms with Gasteiger partial charge in [0, 0.05) is 17.0 Å². The van der Waals surface area contributed by atoms with Crippen molar-refractivity contribution in [2.75, 3.05) is 0 Å². The van der Waals surface area contributed by atoms with Crippen molar-refractivity contribution in [3.8, 4) is 11.1 Å². The normalized spacial score (nSPS) is 16.0. The fraction of sp³-hybridized carbons (Fsp3) is 0.368. The van der Waals surface area contributed by atoms with Crippen molar-refractivity contribution in [1.29, 1.82) is 0 Å². The second-order valence-corrected chi connectivity index (χ2v) is 7.30. The molecule has 3 aromatic rings. The van der Waals surface area contributed by atoms with Crippen LogP contribution in [0.3, 0.4) is 0 Å². The maximum atomic E-state index is 13.1. The molecule has 1 saturated carbocycles. The van der Waals surface area contributed by atoms with Crippen molar-refractivity contribution in [1.82, 2.24) is 9.55 Å². The molecule has 2 heterocycles. The lowest BCUT2D eigenvalue weighted by Gasteiger charge is -2.23. The standard InChI is InChI=1S/C19H20N2OS/c1-13-7-9-14(10-8-13)16-11-23-18-17(16)19(22)21(12-20-18)15-5-3-2-4-6-15/h7-12,15H,2-6H2,1H3. The minimum atomic E-state index is 0.124. The third kappa shape index (κ3) is 2.61. The highest BCUT2D eigenvalue weighted by Crippen LogP contribution is 2.32. The molecule has 1 aliphatic carbocycles. The van der Waals surface area contributed by atoms with E-state index < -0.39 is 0 Å².